The maximum atomic E-state index is 13.6. The van der Waals surface area contributed by atoms with Gasteiger partial charge >= 0.3 is 5.97 Å². The van der Waals surface area contributed by atoms with Gasteiger partial charge < -0.3 is 14.7 Å². The number of hydrogen-bond acceptors (Lipinski definition) is 5. The van der Waals surface area contributed by atoms with Crippen molar-refractivity contribution in [3.05, 3.63) is 41.8 Å². The molecule has 1 aliphatic carbocycles. The molecular weight excluding hydrogens is 339 g/mol. The van der Waals surface area contributed by atoms with Crippen molar-refractivity contribution in [2.75, 3.05) is 13.1 Å². The molecule has 1 aliphatic heterocycles. The predicted molar refractivity (Wildman–Crippen MR) is 90.6 cm³/mol. The van der Waals surface area contributed by atoms with Crippen molar-refractivity contribution in [1.82, 2.24) is 9.88 Å². The molecule has 0 spiro atoms. The first kappa shape index (κ1) is 16.9. The van der Waals surface area contributed by atoms with Crippen LogP contribution < -0.4 is 0 Å². The quantitative estimate of drug-likeness (QED) is 0.672. The predicted octanol–water partition coefficient (Wildman–Crippen LogP) is 2.25. The molecule has 0 atom stereocenters. The first-order valence-corrected chi connectivity index (χ1v) is 8.74. The fraction of sp³-hybridized carbons (Fsp3) is 0.421. The highest BCUT2D eigenvalue weighted by Crippen LogP contribution is 2.34. The van der Waals surface area contributed by atoms with Gasteiger partial charge in [0.25, 0.3) is 5.91 Å². The van der Waals surface area contributed by atoms with E-state index in [0.29, 0.717) is 16.5 Å². The molecule has 2 heterocycles. The lowest BCUT2D eigenvalue weighted by Gasteiger charge is -2.37. The number of esters is 1. The molecular formula is C19H19FN2O4. The molecule has 1 N–H and O–H groups in total. The minimum absolute atomic E-state index is 0.0863. The summed E-state index contributed by atoms with van der Waals surface area (Å²) in [5, 5.41) is 10.9. The number of rotatable bonds is 3. The highest BCUT2D eigenvalue weighted by Gasteiger charge is 2.41. The normalized spacial score (nSPS) is 19.4. The highest BCUT2D eigenvalue weighted by molar-refractivity contribution is 6.06. The van der Waals surface area contributed by atoms with Gasteiger partial charge in [-0.2, -0.15) is 0 Å². The summed E-state index contributed by atoms with van der Waals surface area (Å²) in [4.78, 5) is 30.4. The Hall–Kier alpha value is -2.54. The van der Waals surface area contributed by atoms with Crippen LogP contribution in [0.4, 0.5) is 4.39 Å². The molecule has 1 aromatic carbocycles. The van der Waals surface area contributed by atoms with Gasteiger partial charge in [0.05, 0.1) is 17.0 Å². The number of nitrogens with zero attached hydrogens (tertiary/aromatic N) is 2. The number of carbonyl (C=O) groups is 2. The zero-order valence-corrected chi connectivity index (χ0v) is 14.2. The van der Waals surface area contributed by atoms with Crippen molar-refractivity contribution < 1.29 is 23.8 Å². The van der Waals surface area contributed by atoms with E-state index >= 15 is 0 Å². The lowest BCUT2D eigenvalue weighted by atomic mass is 10.0. The molecule has 26 heavy (non-hydrogen) atoms. The number of benzene rings is 1. The SMILES string of the molecule is O=C(OC1(O)CCN(C(=O)c2ccnc3ccc(F)cc23)CC1)C1CC1. The van der Waals surface area contributed by atoms with Crippen LogP contribution in [0.25, 0.3) is 10.9 Å². The van der Waals surface area contributed by atoms with Gasteiger partial charge in [-0.15, -0.1) is 0 Å². The molecule has 4 rings (SSSR count). The number of amides is 1. The van der Waals surface area contributed by atoms with Crippen LogP contribution in [0.5, 0.6) is 0 Å². The minimum Gasteiger partial charge on any atom is -0.433 e. The van der Waals surface area contributed by atoms with Crippen molar-refractivity contribution in [3.8, 4) is 0 Å². The van der Waals surface area contributed by atoms with Gasteiger partial charge in [-0.25, -0.2) is 4.39 Å². The number of carbonyl (C=O) groups excluding carboxylic acids is 2. The maximum Gasteiger partial charge on any atom is 0.311 e. The Kier molecular flexibility index (Phi) is 4.11. The summed E-state index contributed by atoms with van der Waals surface area (Å²) < 4.78 is 18.8. The van der Waals surface area contributed by atoms with Crippen LogP contribution in [-0.4, -0.2) is 45.7 Å². The number of likely N-dealkylation sites (tertiary alicyclic amines) is 1. The van der Waals surface area contributed by atoms with Gasteiger partial charge in [-0.05, 0) is 37.1 Å². The van der Waals surface area contributed by atoms with E-state index in [2.05, 4.69) is 4.98 Å². The van der Waals surface area contributed by atoms with Crippen LogP contribution in [0.3, 0.4) is 0 Å². The number of ether oxygens (including phenoxy) is 1. The van der Waals surface area contributed by atoms with Crippen LogP contribution in [0, 0.1) is 11.7 Å². The Labute approximate surface area is 149 Å². The van der Waals surface area contributed by atoms with E-state index in [1.807, 2.05) is 0 Å². The zero-order chi connectivity index (χ0) is 18.3. The van der Waals surface area contributed by atoms with E-state index in [-0.39, 0.29) is 43.7 Å². The number of halogens is 1. The lowest BCUT2D eigenvalue weighted by Crippen LogP contribution is -2.49. The monoisotopic (exact) mass is 358 g/mol. The second-order valence-corrected chi connectivity index (χ2v) is 6.95. The Morgan fingerprint density at radius 1 is 1.23 bits per heavy atom. The molecule has 0 unspecified atom stereocenters. The number of piperidine rings is 1. The summed E-state index contributed by atoms with van der Waals surface area (Å²) in [5.74, 6) is -2.64. The zero-order valence-electron chi connectivity index (χ0n) is 14.2. The third kappa shape index (κ3) is 3.26. The van der Waals surface area contributed by atoms with E-state index in [9.17, 15) is 19.1 Å². The standard InChI is InChI=1S/C19H19FN2O4/c20-13-3-4-16-15(11-13)14(5-8-21-16)17(23)22-9-6-19(25,7-10-22)26-18(24)12-1-2-12/h3-5,8,11-12,25H,1-2,6-7,9-10H2. The van der Waals surface area contributed by atoms with Gasteiger partial charge in [0.1, 0.15) is 5.82 Å². The Balaban J connectivity index is 1.48. The van der Waals surface area contributed by atoms with Crippen LogP contribution >= 0.6 is 0 Å². The van der Waals surface area contributed by atoms with Crippen LogP contribution in [0.2, 0.25) is 0 Å². The second kappa shape index (κ2) is 6.32. The number of fused-ring (bicyclic) bond motifs is 1. The summed E-state index contributed by atoms with van der Waals surface area (Å²) in [6.07, 6.45) is 3.46. The fourth-order valence-electron chi connectivity index (χ4n) is 3.23. The highest BCUT2D eigenvalue weighted by atomic mass is 19.1. The minimum atomic E-state index is -1.51. The van der Waals surface area contributed by atoms with E-state index in [1.54, 1.807) is 11.0 Å². The lowest BCUT2D eigenvalue weighted by molar-refractivity contribution is -0.223. The van der Waals surface area contributed by atoms with Crippen molar-refractivity contribution >= 4 is 22.8 Å². The molecule has 1 aromatic heterocycles. The number of aromatic nitrogens is 1. The maximum absolute atomic E-state index is 13.6. The molecule has 136 valence electrons. The average Bonchev–Trinajstić information content (AvgIpc) is 3.46. The third-order valence-corrected chi connectivity index (χ3v) is 4.97. The molecule has 1 saturated heterocycles. The van der Waals surface area contributed by atoms with E-state index in [0.717, 1.165) is 12.8 Å². The van der Waals surface area contributed by atoms with Gasteiger partial charge in [0.15, 0.2) is 0 Å². The smallest absolute Gasteiger partial charge is 0.311 e. The summed E-state index contributed by atoms with van der Waals surface area (Å²) in [5.41, 5.74) is 0.916. The number of pyridine rings is 1. The third-order valence-electron chi connectivity index (χ3n) is 4.97. The molecule has 6 nitrogen and oxygen atoms in total. The van der Waals surface area contributed by atoms with Gasteiger partial charge in [0, 0.05) is 37.5 Å². The van der Waals surface area contributed by atoms with Crippen LogP contribution in [0.1, 0.15) is 36.0 Å². The topological polar surface area (TPSA) is 79.7 Å². The Morgan fingerprint density at radius 3 is 2.65 bits per heavy atom. The van der Waals surface area contributed by atoms with Gasteiger partial charge in [-0.1, -0.05) is 0 Å². The summed E-state index contributed by atoms with van der Waals surface area (Å²) in [6.45, 7) is 0.513. The number of hydrogen-bond donors (Lipinski definition) is 1. The molecule has 2 fully saturated rings. The second-order valence-electron chi connectivity index (χ2n) is 6.95. The van der Waals surface area contributed by atoms with Crippen LogP contribution in [-0.2, 0) is 9.53 Å². The van der Waals surface area contributed by atoms with Gasteiger partial charge in [0.2, 0.25) is 5.79 Å². The summed E-state index contributed by atoms with van der Waals surface area (Å²) >= 11 is 0. The molecule has 0 radical (unpaired) electrons. The summed E-state index contributed by atoms with van der Waals surface area (Å²) in [7, 11) is 0. The number of aliphatic hydroxyl groups is 1. The molecule has 1 amide bonds. The average molecular weight is 358 g/mol. The molecule has 2 aliphatic rings. The largest absolute Gasteiger partial charge is 0.433 e. The van der Waals surface area contributed by atoms with Crippen molar-refractivity contribution in [2.45, 2.75) is 31.5 Å². The van der Waals surface area contributed by atoms with E-state index in [4.69, 9.17) is 4.74 Å². The summed E-state index contributed by atoms with van der Waals surface area (Å²) in [6, 6.07) is 5.71. The van der Waals surface area contributed by atoms with Crippen molar-refractivity contribution in [3.63, 3.8) is 0 Å². The van der Waals surface area contributed by atoms with Gasteiger partial charge in [-0.3, -0.25) is 14.6 Å². The van der Waals surface area contributed by atoms with Crippen molar-refractivity contribution in [2.24, 2.45) is 5.92 Å². The molecule has 0 bridgehead atoms. The molecule has 7 heteroatoms. The van der Waals surface area contributed by atoms with E-state index < -0.39 is 11.6 Å². The fourth-order valence-corrected chi connectivity index (χ4v) is 3.23. The Morgan fingerprint density at radius 2 is 1.96 bits per heavy atom. The first-order valence-electron chi connectivity index (χ1n) is 8.74. The molecule has 1 saturated carbocycles. The van der Waals surface area contributed by atoms with Crippen molar-refractivity contribution in [1.29, 1.82) is 0 Å². The van der Waals surface area contributed by atoms with Crippen LogP contribution in [0.15, 0.2) is 30.5 Å². The first-order chi connectivity index (χ1) is 12.5. The Bertz CT molecular complexity index is 873. The van der Waals surface area contributed by atoms with E-state index in [1.165, 1.54) is 24.4 Å². The molecule has 2 aromatic rings.